The van der Waals surface area contributed by atoms with Gasteiger partial charge in [0.25, 0.3) is 0 Å². The number of nitrogens with one attached hydrogen (secondary N) is 1. The Balaban J connectivity index is 1.88. The van der Waals surface area contributed by atoms with Crippen LogP contribution in [0.1, 0.15) is 24.1 Å². The summed E-state index contributed by atoms with van der Waals surface area (Å²) in [7, 11) is 0. The molecule has 0 saturated heterocycles. The summed E-state index contributed by atoms with van der Waals surface area (Å²) < 4.78 is 1.76. The molecule has 108 valence electrons. The third kappa shape index (κ3) is 4.10. The van der Waals surface area contributed by atoms with Gasteiger partial charge in [-0.15, -0.1) is 11.8 Å². The van der Waals surface area contributed by atoms with Crippen LogP contribution in [0.4, 0.5) is 0 Å². The van der Waals surface area contributed by atoms with Crippen LogP contribution in [0.5, 0.6) is 0 Å². The molecular weight excluding hydrogens is 270 g/mol. The first-order valence-corrected chi connectivity index (χ1v) is 7.95. The van der Waals surface area contributed by atoms with Crippen molar-refractivity contribution >= 4 is 11.8 Å². The largest absolute Gasteiger partial charge is 0.394 e. The van der Waals surface area contributed by atoms with Crippen molar-refractivity contribution in [1.29, 1.82) is 0 Å². The minimum Gasteiger partial charge on any atom is -0.394 e. The second-order valence-corrected chi connectivity index (χ2v) is 5.59. The van der Waals surface area contributed by atoms with Gasteiger partial charge in [-0.05, 0) is 30.9 Å². The molecule has 0 bridgehead atoms. The molecule has 0 aliphatic heterocycles. The van der Waals surface area contributed by atoms with Crippen molar-refractivity contribution in [3.05, 3.63) is 47.8 Å². The Kier molecular flexibility index (Phi) is 5.64. The van der Waals surface area contributed by atoms with Crippen molar-refractivity contribution in [2.75, 3.05) is 12.9 Å². The van der Waals surface area contributed by atoms with E-state index in [9.17, 15) is 0 Å². The third-order valence-electron chi connectivity index (χ3n) is 3.24. The standard InChI is InChI=1S/C15H21N3OS/c1-12(14-3-5-15(20-2)6-4-14)16-9-13-10-17-18(11-13)7-8-19/h3-6,10-12,16,19H,7-9H2,1-2H3. The molecule has 0 saturated carbocycles. The van der Waals surface area contributed by atoms with E-state index in [0.717, 1.165) is 12.1 Å². The molecule has 1 aromatic carbocycles. The van der Waals surface area contributed by atoms with Crippen LogP contribution in [0.15, 0.2) is 41.6 Å². The highest BCUT2D eigenvalue weighted by Gasteiger charge is 2.06. The summed E-state index contributed by atoms with van der Waals surface area (Å²) in [6, 6.07) is 8.93. The summed E-state index contributed by atoms with van der Waals surface area (Å²) in [4.78, 5) is 1.28. The molecule has 0 radical (unpaired) electrons. The highest BCUT2D eigenvalue weighted by Crippen LogP contribution is 2.19. The smallest absolute Gasteiger partial charge is 0.0640 e. The second kappa shape index (κ2) is 7.47. The molecule has 2 N–H and O–H groups in total. The monoisotopic (exact) mass is 291 g/mol. The van der Waals surface area contributed by atoms with E-state index in [0.29, 0.717) is 12.6 Å². The lowest BCUT2D eigenvalue weighted by Crippen LogP contribution is -2.17. The number of aliphatic hydroxyl groups is 1. The van der Waals surface area contributed by atoms with Gasteiger partial charge in [0.15, 0.2) is 0 Å². The minimum atomic E-state index is 0.118. The maximum atomic E-state index is 8.86. The van der Waals surface area contributed by atoms with Crippen molar-refractivity contribution in [3.63, 3.8) is 0 Å². The SMILES string of the molecule is CSc1ccc(C(C)NCc2cnn(CCO)c2)cc1. The number of hydrogen-bond acceptors (Lipinski definition) is 4. The third-order valence-corrected chi connectivity index (χ3v) is 3.99. The molecule has 1 aromatic heterocycles. The zero-order valence-corrected chi connectivity index (χ0v) is 12.7. The molecule has 1 heterocycles. The predicted octanol–water partition coefficient (Wildman–Crippen LogP) is 2.45. The Morgan fingerprint density at radius 2 is 2.10 bits per heavy atom. The van der Waals surface area contributed by atoms with Gasteiger partial charge in [-0.3, -0.25) is 4.68 Å². The molecule has 0 aliphatic rings. The van der Waals surface area contributed by atoms with Gasteiger partial charge in [-0.2, -0.15) is 5.10 Å². The van der Waals surface area contributed by atoms with Gasteiger partial charge in [-0.25, -0.2) is 0 Å². The molecule has 0 fully saturated rings. The summed E-state index contributed by atoms with van der Waals surface area (Å²) in [5.74, 6) is 0. The average Bonchev–Trinajstić information content (AvgIpc) is 2.93. The number of aliphatic hydroxyl groups excluding tert-OH is 1. The normalized spacial score (nSPS) is 12.6. The van der Waals surface area contributed by atoms with E-state index in [1.54, 1.807) is 16.4 Å². The van der Waals surface area contributed by atoms with E-state index in [-0.39, 0.29) is 6.61 Å². The van der Waals surface area contributed by atoms with E-state index in [2.05, 4.69) is 47.9 Å². The Labute approximate surface area is 124 Å². The van der Waals surface area contributed by atoms with E-state index >= 15 is 0 Å². The molecule has 4 nitrogen and oxygen atoms in total. The van der Waals surface area contributed by atoms with E-state index in [1.165, 1.54) is 10.5 Å². The first-order chi connectivity index (χ1) is 9.72. The summed E-state index contributed by atoms with van der Waals surface area (Å²) in [6.45, 7) is 3.60. The van der Waals surface area contributed by atoms with Gasteiger partial charge in [-0.1, -0.05) is 12.1 Å². The van der Waals surface area contributed by atoms with Gasteiger partial charge in [0.05, 0.1) is 19.3 Å². The molecule has 1 atom stereocenters. The summed E-state index contributed by atoms with van der Waals surface area (Å²) in [6.07, 6.45) is 5.89. The van der Waals surface area contributed by atoms with Crippen molar-refractivity contribution in [2.24, 2.45) is 0 Å². The maximum absolute atomic E-state index is 8.86. The highest BCUT2D eigenvalue weighted by molar-refractivity contribution is 7.98. The van der Waals surface area contributed by atoms with Gasteiger partial charge in [0, 0.05) is 29.2 Å². The zero-order chi connectivity index (χ0) is 14.4. The van der Waals surface area contributed by atoms with Crippen LogP contribution < -0.4 is 5.32 Å². The molecular formula is C15H21N3OS. The lowest BCUT2D eigenvalue weighted by Gasteiger charge is -2.14. The van der Waals surface area contributed by atoms with Crippen LogP contribution in [0.25, 0.3) is 0 Å². The van der Waals surface area contributed by atoms with Crippen LogP contribution in [-0.4, -0.2) is 27.7 Å². The van der Waals surface area contributed by atoms with E-state index < -0.39 is 0 Å². The Morgan fingerprint density at radius 1 is 1.35 bits per heavy atom. The molecule has 2 aromatic rings. The lowest BCUT2D eigenvalue weighted by molar-refractivity contribution is 0.269. The van der Waals surface area contributed by atoms with E-state index in [4.69, 9.17) is 5.11 Å². The van der Waals surface area contributed by atoms with Gasteiger partial charge >= 0.3 is 0 Å². The fraction of sp³-hybridized carbons (Fsp3) is 0.400. The Morgan fingerprint density at radius 3 is 2.75 bits per heavy atom. The van der Waals surface area contributed by atoms with Gasteiger partial charge < -0.3 is 10.4 Å². The van der Waals surface area contributed by atoms with Gasteiger partial charge in [0.1, 0.15) is 0 Å². The van der Waals surface area contributed by atoms with Crippen molar-refractivity contribution < 1.29 is 5.11 Å². The lowest BCUT2D eigenvalue weighted by atomic mass is 10.1. The maximum Gasteiger partial charge on any atom is 0.0640 e. The van der Waals surface area contributed by atoms with Crippen LogP contribution in [0.2, 0.25) is 0 Å². The summed E-state index contributed by atoms with van der Waals surface area (Å²) in [5, 5.41) is 16.5. The number of hydrogen-bond donors (Lipinski definition) is 2. The number of rotatable bonds is 7. The molecule has 20 heavy (non-hydrogen) atoms. The first kappa shape index (κ1) is 15.1. The second-order valence-electron chi connectivity index (χ2n) is 4.71. The van der Waals surface area contributed by atoms with Crippen molar-refractivity contribution in [3.8, 4) is 0 Å². The molecule has 0 aliphatic carbocycles. The fourth-order valence-corrected chi connectivity index (χ4v) is 2.41. The number of nitrogens with zero attached hydrogens (tertiary/aromatic N) is 2. The molecule has 2 rings (SSSR count). The predicted molar refractivity (Wildman–Crippen MR) is 82.8 cm³/mol. The van der Waals surface area contributed by atoms with Gasteiger partial charge in [0.2, 0.25) is 0 Å². The number of aromatic nitrogens is 2. The van der Waals surface area contributed by atoms with Crippen molar-refractivity contribution in [1.82, 2.24) is 15.1 Å². The van der Waals surface area contributed by atoms with Crippen molar-refractivity contribution in [2.45, 2.75) is 31.0 Å². The first-order valence-electron chi connectivity index (χ1n) is 6.72. The van der Waals surface area contributed by atoms with E-state index in [1.807, 2.05) is 12.4 Å². The van der Waals surface area contributed by atoms with Crippen LogP contribution in [0, 0.1) is 0 Å². The molecule has 0 amide bonds. The summed E-state index contributed by atoms with van der Waals surface area (Å²) in [5.41, 5.74) is 2.41. The molecule has 5 heteroatoms. The van der Waals surface area contributed by atoms with Crippen LogP contribution >= 0.6 is 11.8 Å². The quantitative estimate of drug-likeness (QED) is 0.769. The number of thioether (sulfide) groups is 1. The minimum absolute atomic E-state index is 0.118. The topological polar surface area (TPSA) is 50.1 Å². The summed E-state index contributed by atoms with van der Waals surface area (Å²) >= 11 is 1.75. The van der Waals surface area contributed by atoms with Crippen LogP contribution in [0.3, 0.4) is 0 Å². The average molecular weight is 291 g/mol. The van der Waals surface area contributed by atoms with Crippen LogP contribution in [-0.2, 0) is 13.1 Å². The zero-order valence-electron chi connectivity index (χ0n) is 11.9. The molecule has 1 unspecified atom stereocenters. The fourth-order valence-electron chi connectivity index (χ4n) is 2.00. The molecule has 0 spiro atoms. The highest BCUT2D eigenvalue weighted by atomic mass is 32.2. The Bertz CT molecular complexity index is 524. The number of benzene rings is 1. The Hall–Kier alpha value is -1.30.